The lowest BCUT2D eigenvalue weighted by atomic mass is 10.0. The Morgan fingerprint density at radius 2 is 1.57 bits per heavy atom. The fourth-order valence-corrected chi connectivity index (χ4v) is 2.61. The number of carbonyl (C=O) groups is 1. The van der Waals surface area contributed by atoms with Gasteiger partial charge in [-0.05, 0) is 6.92 Å². The standard InChI is InChI=1S/C18H16N2O3/c1-13(18(21)22)19-12-20(23)17(15-10-6-3-7-11-15)16(19)14-8-4-2-5-9-14/h2-13H,1H3,(H,21,22)/t13-/m0/s1. The van der Waals surface area contributed by atoms with Crippen molar-refractivity contribution in [3.05, 3.63) is 72.2 Å². The molecule has 0 fully saturated rings. The maximum absolute atomic E-state index is 12.5. The summed E-state index contributed by atoms with van der Waals surface area (Å²) in [5.41, 5.74) is 2.60. The van der Waals surface area contributed by atoms with E-state index in [2.05, 4.69) is 0 Å². The van der Waals surface area contributed by atoms with E-state index < -0.39 is 12.0 Å². The van der Waals surface area contributed by atoms with E-state index in [0.29, 0.717) is 11.4 Å². The number of rotatable bonds is 4. The highest BCUT2D eigenvalue weighted by atomic mass is 16.5. The van der Waals surface area contributed by atoms with Crippen molar-refractivity contribution in [2.75, 3.05) is 0 Å². The highest BCUT2D eigenvalue weighted by Crippen LogP contribution is 2.32. The van der Waals surface area contributed by atoms with Gasteiger partial charge in [0.15, 0.2) is 17.4 Å². The molecular weight excluding hydrogens is 292 g/mol. The number of imidazole rings is 1. The van der Waals surface area contributed by atoms with E-state index in [1.54, 1.807) is 6.92 Å². The Hall–Kier alpha value is -3.08. The molecule has 1 N–H and O–H groups in total. The van der Waals surface area contributed by atoms with E-state index in [4.69, 9.17) is 0 Å². The summed E-state index contributed by atoms with van der Waals surface area (Å²) in [6, 6.07) is 17.7. The van der Waals surface area contributed by atoms with Gasteiger partial charge in [0.25, 0.3) is 0 Å². The fraction of sp³-hybridized carbons (Fsp3) is 0.111. The smallest absolute Gasteiger partial charge is 0.349 e. The number of hydrogen-bond acceptors (Lipinski definition) is 2. The Labute approximate surface area is 133 Å². The molecule has 23 heavy (non-hydrogen) atoms. The average molecular weight is 308 g/mol. The second-order valence-corrected chi connectivity index (χ2v) is 5.29. The summed E-state index contributed by atoms with van der Waals surface area (Å²) in [6.07, 6.45) is 1.30. The molecule has 1 atom stereocenters. The third-order valence-corrected chi connectivity index (χ3v) is 3.80. The van der Waals surface area contributed by atoms with Gasteiger partial charge in [0.1, 0.15) is 0 Å². The first-order valence-corrected chi connectivity index (χ1v) is 7.27. The third-order valence-electron chi connectivity index (χ3n) is 3.80. The summed E-state index contributed by atoms with van der Waals surface area (Å²) < 4.78 is 2.24. The quantitative estimate of drug-likeness (QED) is 0.595. The van der Waals surface area contributed by atoms with Gasteiger partial charge in [0.2, 0.25) is 6.33 Å². The van der Waals surface area contributed by atoms with Crippen LogP contribution < -0.4 is 4.73 Å². The Balaban J connectivity index is 2.30. The van der Waals surface area contributed by atoms with Crippen molar-refractivity contribution in [2.45, 2.75) is 13.0 Å². The van der Waals surface area contributed by atoms with Gasteiger partial charge < -0.3 is 10.3 Å². The van der Waals surface area contributed by atoms with Gasteiger partial charge in [0.05, 0.1) is 0 Å². The predicted octanol–water partition coefficient (Wildman–Crippen LogP) is 3.10. The summed E-state index contributed by atoms with van der Waals surface area (Å²) in [5, 5.41) is 21.8. The molecule has 0 aliphatic carbocycles. The topological polar surface area (TPSA) is 69.2 Å². The first-order valence-electron chi connectivity index (χ1n) is 7.27. The summed E-state index contributed by atoms with van der Waals surface area (Å²) >= 11 is 0. The zero-order chi connectivity index (χ0) is 16.4. The van der Waals surface area contributed by atoms with Crippen LogP contribution in [0.2, 0.25) is 0 Å². The second-order valence-electron chi connectivity index (χ2n) is 5.29. The summed E-state index contributed by atoms with van der Waals surface area (Å²) in [7, 11) is 0. The Kier molecular flexibility index (Phi) is 3.85. The molecule has 5 nitrogen and oxygen atoms in total. The SMILES string of the molecule is C[C@@H](C(=O)O)n1c[n+]([O-])c(-c2ccccc2)c1-c1ccccc1. The predicted molar refractivity (Wildman–Crippen MR) is 86.6 cm³/mol. The number of carboxylic acids is 1. The molecule has 2 aromatic carbocycles. The first-order chi connectivity index (χ1) is 11.1. The van der Waals surface area contributed by atoms with Gasteiger partial charge in [0, 0.05) is 11.1 Å². The summed E-state index contributed by atoms with van der Waals surface area (Å²) in [4.78, 5) is 11.4. The van der Waals surface area contributed by atoms with Crippen LogP contribution in [0.4, 0.5) is 0 Å². The van der Waals surface area contributed by atoms with E-state index in [0.717, 1.165) is 15.9 Å². The zero-order valence-corrected chi connectivity index (χ0v) is 12.6. The molecule has 0 amide bonds. The van der Waals surface area contributed by atoms with E-state index in [1.807, 2.05) is 60.7 Å². The van der Waals surface area contributed by atoms with Crippen LogP contribution in [0.1, 0.15) is 13.0 Å². The van der Waals surface area contributed by atoms with E-state index in [-0.39, 0.29) is 0 Å². The Morgan fingerprint density at radius 1 is 1.04 bits per heavy atom. The molecule has 3 aromatic rings. The first kappa shape index (κ1) is 14.8. The number of carboxylic acid groups (broad SMARTS) is 1. The molecule has 116 valence electrons. The van der Waals surface area contributed by atoms with Crippen molar-refractivity contribution in [3.8, 4) is 22.5 Å². The monoisotopic (exact) mass is 308 g/mol. The van der Waals surface area contributed by atoms with Crippen molar-refractivity contribution < 1.29 is 14.6 Å². The van der Waals surface area contributed by atoms with Gasteiger partial charge in [-0.3, -0.25) is 0 Å². The van der Waals surface area contributed by atoms with Crippen LogP contribution in [0, 0.1) is 5.21 Å². The molecule has 0 aliphatic rings. The number of benzene rings is 2. The van der Waals surface area contributed by atoms with E-state index >= 15 is 0 Å². The maximum Gasteiger partial charge on any atom is 0.349 e. The summed E-state index contributed by atoms with van der Waals surface area (Å²) in [6.45, 7) is 1.56. The molecule has 0 spiro atoms. The number of aromatic nitrogens is 2. The molecule has 5 heteroatoms. The van der Waals surface area contributed by atoms with Crippen LogP contribution in [0.5, 0.6) is 0 Å². The van der Waals surface area contributed by atoms with Crippen molar-refractivity contribution in [2.24, 2.45) is 0 Å². The average Bonchev–Trinajstić information content (AvgIpc) is 2.92. The van der Waals surface area contributed by atoms with Crippen molar-refractivity contribution in [3.63, 3.8) is 0 Å². The van der Waals surface area contributed by atoms with Gasteiger partial charge in [-0.25, -0.2) is 14.1 Å². The van der Waals surface area contributed by atoms with Crippen molar-refractivity contribution in [1.29, 1.82) is 0 Å². The van der Waals surface area contributed by atoms with Crippen LogP contribution in [0.3, 0.4) is 0 Å². The second kappa shape index (κ2) is 5.96. The minimum Gasteiger partial charge on any atom is -0.710 e. The number of aliphatic carboxylic acids is 1. The molecular formula is C18H16N2O3. The molecule has 0 unspecified atom stereocenters. The highest BCUT2D eigenvalue weighted by Gasteiger charge is 2.29. The van der Waals surface area contributed by atoms with Gasteiger partial charge in [-0.15, -0.1) is 0 Å². The van der Waals surface area contributed by atoms with Crippen LogP contribution in [0.15, 0.2) is 67.0 Å². The van der Waals surface area contributed by atoms with E-state index in [1.165, 1.54) is 10.9 Å². The Morgan fingerprint density at radius 3 is 2.09 bits per heavy atom. The van der Waals surface area contributed by atoms with Crippen LogP contribution in [0.25, 0.3) is 22.5 Å². The molecule has 0 aliphatic heterocycles. The lowest BCUT2D eigenvalue weighted by Gasteiger charge is -2.08. The molecule has 0 radical (unpaired) electrons. The van der Waals surface area contributed by atoms with Crippen LogP contribution >= 0.6 is 0 Å². The maximum atomic E-state index is 12.5. The fourth-order valence-electron chi connectivity index (χ4n) is 2.61. The minimum atomic E-state index is -0.989. The van der Waals surface area contributed by atoms with E-state index in [9.17, 15) is 15.1 Å². The largest absolute Gasteiger partial charge is 0.710 e. The normalized spacial score (nSPS) is 12.0. The van der Waals surface area contributed by atoms with Crippen LogP contribution in [-0.2, 0) is 4.79 Å². The lowest BCUT2D eigenvalue weighted by Crippen LogP contribution is -2.26. The summed E-state index contributed by atoms with van der Waals surface area (Å²) in [5.74, 6) is -0.989. The minimum absolute atomic E-state index is 0.449. The molecule has 1 aromatic heterocycles. The molecule has 3 rings (SSSR count). The number of nitrogens with zero attached hydrogens (tertiary/aromatic N) is 2. The van der Waals surface area contributed by atoms with Gasteiger partial charge in [-0.1, -0.05) is 60.7 Å². The zero-order valence-electron chi connectivity index (χ0n) is 12.6. The third kappa shape index (κ3) is 2.68. The van der Waals surface area contributed by atoms with Crippen molar-refractivity contribution in [1.82, 2.24) is 4.57 Å². The molecule has 0 saturated carbocycles. The molecule has 1 heterocycles. The Bertz CT molecular complexity index is 826. The van der Waals surface area contributed by atoms with Crippen molar-refractivity contribution >= 4 is 5.97 Å². The van der Waals surface area contributed by atoms with Crippen LogP contribution in [-0.4, -0.2) is 15.6 Å². The highest BCUT2D eigenvalue weighted by molar-refractivity contribution is 5.79. The lowest BCUT2D eigenvalue weighted by molar-refractivity contribution is -0.593. The number of hydrogen-bond donors (Lipinski definition) is 1. The molecule has 0 saturated heterocycles. The van der Waals surface area contributed by atoms with Gasteiger partial charge >= 0.3 is 5.97 Å². The molecule has 0 bridgehead atoms. The van der Waals surface area contributed by atoms with Gasteiger partial charge in [-0.2, -0.15) is 0 Å².